The van der Waals surface area contributed by atoms with E-state index < -0.39 is 12.1 Å². The molecule has 6 nitrogen and oxygen atoms in total. The first-order chi connectivity index (χ1) is 14.1. The Morgan fingerprint density at radius 2 is 1.86 bits per heavy atom. The highest BCUT2D eigenvalue weighted by Crippen LogP contribution is 2.18. The minimum atomic E-state index is -0.733. The zero-order valence-electron chi connectivity index (χ0n) is 16.9. The fourth-order valence-corrected chi connectivity index (χ4v) is 3.13. The molecule has 2 unspecified atom stereocenters. The number of hydrogen-bond donors (Lipinski definition) is 2. The van der Waals surface area contributed by atoms with Crippen molar-refractivity contribution in [3.05, 3.63) is 71.3 Å². The lowest BCUT2D eigenvalue weighted by atomic mass is 10.0. The Morgan fingerprint density at radius 3 is 2.55 bits per heavy atom. The number of benzene rings is 2. The Hall–Kier alpha value is -3.15. The van der Waals surface area contributed by atoms with Gasteiger partial charge in [0.05, 0.1) is 5.71 Å². The standard InChI is InChI=1S/C23H27N3O3/c1-3-13-24-22(27)20(14-17-7-5-4-6-8-17)25-23(28)21-15-19(26-29-21)18-11-9-16(2)10-12-18/h4-12,20-21H,3,13-15H2,1-2H3,(H,24,27)(H,25,28). The third kappa shape index (κ3) is 5.67. The van der Waals surface area contributed by atoms with Crippen LogP contribution < -0.4 is 10.6 Å². The van der Waals surface area contributed by atoms with Crippen LogP contribution in [0.25, 0.3) is 0 Å². The second-order valence-corrected chi connectivity index (χ2v) is 7.24. The molecule has 0 saturated heterocycles. The summed E-state index contributed by atoms with van der Waals surface area (Å²) >= 11 is 0. The molecule has 0 aromatic heterocycles. The molecule has 0 fully saturated rings. The van der Waals surface area contributed by atoms with Crippen LogP contribution in [0.5, 0.6) is 0 Å². The van der Waals surface area contributed by atoms with E-state index in [4.69, 9.17) is 4.84 Å². The molecule has 29 heavy (non-hydrogen) atoms. The number of carbonyl (C=O) groups excluding carboxylic acids is 2. The molecule has 0 radical (unpaired) electrons. The van der Waals surface area contributed by atoms with Gasteiger partial charge in [-0.25, -0.2) is 0 Å². The van der Waals surface area contributed by atoms with Crippen LogP contribution >= 0.6 is 0 Å². The van der Waals surface area contributed by atoms with E-state index in [1.54, 1.807) is 0 Å². The monoisotopic (exact) mass is 393 g/mol. The number of amides is 2. The number of nitrogens with one attached hydrogen (secondary N) is 2. The Morgan fingerprint density at radius 1 is 1.14 bits per heavy atom. The summed E-state index contributed by atoms with van der Waals surface area (Å²) in [6.45, 7) is 4.57. The average Bonchev–Trinajstić information content (AvgIpc) is 3.23. The molecule has 6 heteroatoms. The minimum absolute atomic E-state index is 0.193. The maximum Gasteiger partial charge on any atom is 0.265 e. The third-order valence-electron chi connectivity index (χ3n) is 4.81. The second-order valence-electron chi connectivity index (χ2n) is 7.24. The lowest BCUT2D eigenvalue weighted by Gasteiger charge is -2.20. The van der Waals surface area contributed by atoms with Gasteiger partial charge in [0.25, 0.3) is 5.91 Å². The highest BCUT2D eigenvalue weighted by Gasteiger charge is 2.32. The van der Waals surface area contributed by atoms with Gasteiger partial charge in [-0.15, -0.1) is 0 Å². The molecule has 1 aliphatic rings. The number of aryl methyl sites for hydroxylation is 1. The lowest BCUT2D eigenvalue weighted by molar-refractivity contribution is -0.135. The van der Waals surface area contributed by atoms with E-state index in [9.17, 15) is 9.59 Å². The van der Waals surface area contributed by atoms with Gasteiger partial charge in [-0.3, -0.25) is 9.59 Å². The summed E-state index contributed by atoms with van der Waals surface area (Å²) in [5, 5.41) is 9.79. The van der Waals surface area contributed by atoms with Crippen molar-refractivity contribution in [1.82, 2.24) is 10.6 Å². The van der Waals surface area contributed by atoms with Crippen molar-refractivity contribution in [3.63, 3.8) is 0 Å². The highest BCUT2D eigenvalue weighted by molar-refractivity contribution is 6.04. The van der Waals surface area contributed by atoms with Gasteiger partial charge in [-0.1, -0.05) is 72.2 Å². The van der Waals surface area contributed by atoms with Crippen molar-refractivity contribution in [2.24, 2.45) is 5.16 Å². The van der Waals surface area contributed by atoms with Gasteiger partial charge in [0.2, 0.25) is 12.0 Å². The van der Waals surface area contributed by atoms with Crippen molar-refractivity contribution < 1.29 is 14.4 Å². The molecular formula is C23H27N3O3. The molecule has 2 aromatic rings. The van der Waals surface area contributed by atoms with Crippen molar-refractivity contribution in [3.8, 4) is 0 Å². The predicted molar refractivity (Wildman–Crippen MR) is 113 cm³/mol. The summed E-state index contributed by atoms with van der Waals surface area (Å²) in [6, 6.07) is 16.9. The highest BCUT2D eigenvalue weighted by atomic mass is 16.6. The van der Waals surface area contributed by atoms with E-state index >= 15 is 0 Å². The minimum Gasteiger partial charge on any atom is -0.382 e. The molecule has 0 aliphatic carbocycles. The summed E-state index contributed by atoms with van der Waals surface area (Å²) in [4.78, 5) is 30.7. The van der Waals surface area contributed by atoms with E-state index in [2.05, 4.69) is 15.8 Å². The number of hydrogen-bond acceptors (Lipinski definition) is 4. The maximum atomic E-state index is 12.8. The van der Waals surface area contributed by atoms with Gasteiger partial charge >= 0.3 is 0 Å². The van der Waals surface area contributed by atoms with Crippen LogP contribution in [0, 0.1) is 6.92 Å². The first kappa shape index (κ1) is 20.6. The van der Waals surface area contributed by atoms with Gasteiger partial charge in [0.1, 0.15) is 6.04 Å². The Kier molecular flexibility index (Phi) is 7.00. The van der Waals surface area contributed by atoms with Crippen molar-refractivity contribution >= 4 is 17.5 Å². The van der Waals surface area contributed by atoms with E-state index in [0.29, 0.717) is 19.4 Å². The van der Waals surface area contributed by atoms with Crippen LogP contribution in [-0.4, -0.2) is 36.2 Å². The summed E-state index contributed by atoms with van der Waals surface area (Å²) in [7, 11) is 0. The van der Waals surface area contributed by atoms with E-state index in [-0.39, 0.29) is 11.8 Å². The predicted octanol–water partition coefficient (Wildman–Crippen LogP) is 2.74. The number of carbonyl (C=O) groups is 2. The lowest BCUT2D eigenvalue weighted by Crippen LogP contribution is -2.51. The molecule has 152 valence electrons. The van der Waals surface area contributed by atoms with Crippen LogP contribution in [0.4, 0.5) is 0 Å². The van der Waals surface area contributed by atoms with Crippen LogP contribution in [0.15, 0.2) is 59.8 Å². The quantitative estimate of drug-likeness (QED) is 0.724. The number of nitrogens with zero attached hydrogens (tertiary/aromatic N) is 1. The van der Waals surface area contributed by atoms with Gasteiger partial charge in [0, 0.05) is 19.4 Å². The Balaban J connectivity index is 1.63. The van der Waals surface area contributed by atoms with Crippen LogP contribution in [0.1, 0.15) is 36.5 Å². The Labute approximate surface area is 171 Å². The number of oxime groups is 1. The molecule has 3 rings (SSSR count). The number of rotatable bonds is 8. The van der Waals surface area contributed by atoms with Crippen molar-refractivity contribution in [2.45, 2.75) is 45.3 Å². The maximum absolute atomic E-state index is 12.8. The molecular weight excluding hydrogens is 366 g/mol. The van der Waals surface area contributed by atoms with E-state index in [1.165, 1.54) is 0 Å². The molecule has 2 amide bonds. The van der Waals surface area contributed by atoms with Gasteiger partial charge in [-0.2, -0.15) is 0 Å². The third-order valence-corrected chi connectivity index (χ3v) is 4.81. The average molecular weight is 393 g/mol. The largest absolute Gasteiger partial charge is 0.382 e. The van der Waals surface area contributed by atoms with Crippen LogP contribution in [-0.2, 0) is 20.8 Å². The molecule has 2 N–H and O–H groups in total. The first-order valence-corrected chi connectivity index (χ1v) is 9.98. The molecule has 0 bridgehead atoms. The SMILES string of the molecule is CCCNC(=O)C(Cc1ccccc1)NC(=O)C1CC(c2ccc(C)cc2)=NO1. The zero-order valence-corrected chi connectivity index (χ0v) is 16.9. The van der Waals surface area contributed by atoms with Gasteiger partial charge < -0.3 is 15.5 Å². The molecule has 0 saturated carbocycles. The molecule has 1 aliphatic heterocycles. The summed E-state index contributed by atoms with van der Waals surface area (Å²) in [6.07, 6.45) is 0.893. The smallest absolute Gasteiger partial charge is 0.265 e. The molecule has 2 atom stereocenters. The Bertz CT molecular complexity index is 863. The van der Waals surface area contributed by atoms with E-state index in [1.807, 2.05) is 68.4 Å². The molecule has 2 aromatic carbocycles. The van der Waals surface area contributed by atoms with Gasteiger partial charge in [0.15, 0.2) is 0 Å². The first-order valence-electron chi connectivity index (χ1n) is 9.98. The second kappa shape index (κ2) is 9.87. The summed E-state index contributed by atoms with van der Waals surface area (Å²) < 4.78 is 0. The molecule has 1 heterocycles. The van der Waals surface area contributed by atoms with Gasteiger partial charge in [-0.05, 0) is 24.5 Å². The normalized spacial score (nSPS) is 16.5. The van der Waals surface area contributed by atoms with Crippen LogP contribution in [0.2, 0.25) is 0 Å². The summed E-state index contributed by atoms with van der Waals surface area (Å²) in [5.41, 5.74) is 3.81. The zero-order chi connectivity index (χ0) is 20.6. The van der Waals surface area contributed by atoms with E-state index in [0.717, 1.165) is 28.8 Å². The van der Waals surface area contributed by atoms with Crippen molar-refractivity contribution in [1.29, 1.82) is 0 Å². The van der Waals surface area contributed by atoms with Crippen molar-refractivity contribution in [2.75, 3.05) is 6.54 Å². The fraction of sp³-hybridized carbons (Fsp3) is 0.348. The molecule has 0 spiro atoms. The topological polar surface area (TPSA) is 79.8 Å². The fourth-order valence-electron chi connectivity index (χ4n) is 3.13. The van der Waals surface area contributed by atoms with Crippen LogP contribution in [0.3, 0.4) is 0 Å². The summed E-state index contributed by atoms with van der Waals surface area (Å²) in [5.74, 6) is -0.523.